The highest BCUT2D eigenvalue weighted by Gasteiger charge is 2.31. The largest absolute Gasteiger partial charge is 0.573 e. The number of ether oxygens (including phenoxy) is 3. The van der Waals surface area contributed by atoms with Crippen molar-refractivity contribution in [3.05, 3.63) is 35.5 Å². The van der Waals surface area contributed by atoms with Gasteiger partial charge < -0.3 is 19.5 Å². The number of methoxy groups -OCH3 is 2. The topological polar surface area (TPSA) is 52.6 Å². The van der Waals surface area contributed by atoms with Gasteiger partial charge >= 0.3 is 6.36 Å². The summed E-state index contributed by atoms with van der Waals surface area (Å²) in [6, 6.07) is 5.66. The fraction of sp³-hybridized carbons (Fsp3) is 0.350. The summed E-state index contributed by atoms with van der Waals surface area (Å²) in [5.74, 6) is 2.34. The predicted molar refractivity (Wildman–Crippen MR) is 101 cm³/mol. The van der Waals surface area contributed by atoms with Gasteiger partial charge in [-0.1, -0.05) is 0 Å². The summed E-state index contributed by atoms with van der Waals surface area (Å²) in [5, 5.41) is 3.24. The highest BCUT2D eigenvalue weighted by molar-refractivity contribution is 5.74. The summed E-state index contributed by atoms with van der Waals surface area (Å²) in [6.07, 6.45) is 0.813. The summed E-state index contributed by atoms with van der Waals surface area (Å²) in [4.78, 5) is 4.50. The normalized spacial score (nSPS) is 12.2. The van der Waals surface area contributed by atoms with Crippen LogP contribution < -0.4 is 14.8 Å². The molecule has 28 heavy (non-hydrogen) atoms. The van der Waals surface area contributed by atoms with Crippen molar-refractivity contribution in [2.24, 2.45) is 0 Å². The molecule has 0 aliphatic heterocycles. The first-order chi connectivity index (χ1) is 13.2. The van der Waals surface area contributed by atoms with E-state index >= 15 is 0 Å². The zero-order chi connectivity index (χ0) is 20.9. The van der Waals surface area contributed by atoms with Crippen molar-refractivity contribution in [1.29, 1.82) is 0 Å². The number of nitrogens with zero attached hydrogens (tertiary/aromatic N) is 1. The Morgan fingerprint density at radius 1 is 1.25 bits per heavy atom. The monoisotopic (exact) mass is 394 g/mol. The van der Waals surface area contributed by atoms with Crippen LogP contribution in [-0.4, -0.2) is 38.2 Å². The molecule has 0 amide bonds. The molecule has 0 saturated carbocycles. The molecule has 2 rings (SSSR count). The van der Waals surface area contributed by atoms with E-state index in [2.05, 4.69) is 21.0 Å². The molecule has 0 fully saturated rings. The van der Waals surface area contributed by atoms with Crippen LogP contribution in [-0.2, 0) is 4.74 Å². The Morgan fingerprint density at radius 3 is 2.54 bits per heavy atom. The minimum atomic E-state index is -4.79. The van der Waals surface area contributed by atoms with Crippen LogP contribution in [0.25, 0.3) is 11.3 Å². The summed E-state index contributed by atoms with van der Waals surface area (Å²) in [6.45, 7) is 4.25. The van der Waals surface area contributed by atoms with Gasteiger partial charge in [0.1, 0.15) is 17.2 Å². The first-order valence-electron chi connectivity index (χ1n) is 8.36. The summed E-state index contributed by atoms with van der Waals surface area (Å²) >= 11 is 0. The first kappa shape index (κ1) is 21.4. The summed E-state index contributed by atoms with van der Waals surface area (Å²) in [7, 11) is 2.96. The number of aromatic nitrogens is 1. The van der Waals surface area contributed by atoms with E-state index in [-0.39, 0.29) is 17.5 Å². The maximum Gasteiger partial charge on any atom is 0.573 e. The third-order valence-electron chi connectivity index (χ3n) is 3.83. The number of halogens is 3. The Hall–Kier alpha value is -2.92. The molecule has 1 heterocycles. The van der Waals surface area contributed by atoms with E-state index in [0.29, 0.717) is 29.2 Å². The lowest BCUT2D eigenvalue weighted by molar-refractivity contribution is -0.274. The second-order valence-electron chi connectivity index (χ2n) is 6.10. The number of hydrogen-bond acceptors (Lipinski definition) is 5. The molecule has 0 saturated heterocycles. The fourth-order valence-electron chi connectivity index (χ4n) is 2.73. The molecule has 1 atom stereocenters. The van der Waals surface area contributed by atoms with Gasteiger partial charge in [-0.25, -0.2) is 4.98 Å². The second-order valence-corrected chi connectivity index (χ2v) is 6.10. The van der Waals surface area contributed by atoms with E-state index in [1.54, 1.807) is 7.11 Å². The van der Waals surface area contributed by atoms with Crippen LogP contribution in [0.5, 0.6) is 11.5 Å². The molecule has 0 aliphatic carbocycles. The summed E-state index contributed by atoms with van der Waals surface area (Å²) < 4.78 is 51.6. The number of pyridine rings is 1. The van der Waals surface area contributed by atoms with Gasteiger partial charge in [-0.05, 0) is 43.5 Å². The number of nitrogens with one attached hydrogen (secondary N) is 1. The van der Waals surface area contributed by atoms with Crippen molar-refractivity contribution in [2.75, 3.05) is 26.1 Å². The van der Waals surface area contributed by atoms with Crippen LogP contribution in [0.15, 0.2) is 24.3 Å². The van der Waals surface area contributed by atoms with Crippen LogP contribution in [0.1, 0.15) is 18.2 Å². The molecule has 1 N–H and O–H groups in total. The molecule has 0 radical (unpaired) electrons. The molecule has 1 aromatic carbocycles. The van der Waals surface area contributed by atoms with E-state index in [4.69, 9.17) is 15.9 Å². The minimum absolute atomic E-state index is 0.0116. The molecule has 0 spiro atoms. The smallest absolute Gasteiger partial charge is 0.496 e. The minimum Gasteiger partial charge on any atom is -0.496 e. The Labute approximate surface area is 161 Å². The number of anilines is 1. The van der Waals surface area contributed by atoms with Gasteiger partial charge in [-0.2, -0.15) is 0 Å². The van der Waals surface area contributed by atoms with Crippen LogP contribution in [0, 0.1) is 19.3 Å². The van der Waals surface area contributed by atoms with E-state index in [1.807, 2.05) is 19.9 Å². The third kappa shape index (κ3) is 5.30. The van der Waals surface area contributed by atoms with E-state index in [0.717, 1.165) is 11.6 Å². The standard InChI is InChI=1S/C20H21F3N2O3/c1-6-16-17(24-13(3)11-26-4)9-12(2)19(25-16)15-8-7-14(10-18(15)27-5)28-20(21,22)23/h1,7-10,13,24H,11H2,2-5H3/t13-/m0/s1. The molecular weight excluding hydrogens is 373 g/mol. The number of rotatable bonds is 7. The van der Waals surface area contributed by atoms with E-state index in [1.165, 1.54) is 19.2 Å². The van der Waals surface area contributed by atoms with E-state index < -0.39 is 6.36 Å². The molecule has 0 unspecified atom stereocenters. The predicted octanol–water partition coefficient (Wildman–Crippen LogP) is 4.39. The number of alkyl halides is 3. The van der Waals surface area contributed by atoms with Crippen molar-refractivity contribution in [3.63, 3.8) is 0 Å². The van der Waals surface area contributed by atoms with Crippen LogP contribution >= 0.6 is 0 Å². The van der Waals surface area contributed by atoms with Crippen LogP contribution in [0.2, 0.25) is 0 Å². The lowest BCUT2D eigenvalue weighted by atomic mass is 10.0. The zero-order valence-corrected chi connectivity index (χ0v) is 16.0. The van der Waals surface area contributed by atoms with Gasteiger partial charge in [0.05, 0.1) is 25.1 Å². The van der Waals surface area contributed by atoms with Crippen molar-refractivity contribution in [2.45, 2.75) is 26.3 Å². The highest BCUT2D eigenvalue weighted by atomic mass is 19.4. The van der Waals surface area contributed by atoms with Crippen molar-refractivity contribution >= 4 is 5.69 Å². The van der Waals surface area contributed by atoms with Gasteiger partial charge in [0.2, 0.25) is 0 Å². The SMILES string of the molecule is C#Cc1nc(-c2ccc(OC(F)(F)F)cc2OC)c(C)cc1N[C@@H](C)COC. The van der Waals surface area contributed by atoms with Gasteiger partial charge in [0.25, 0.3) is 0 Å². The molecule has 2 aromatic rings. The Kier molecular flexibility index (Phi) is 6.75. The lowest BCUT2D eigenvalue weighted by Gasteiger charge is -2.18. The molecule has 8 heteroatoms. The van der Waals surface area contributed by atoms with Crippen LogP contribution in [0.4, 0.5) is 18.9 Å². The maximum absolute atomic E-state index is 12.5. The number of hydrogen-bond donors (Lipinski definition) is 1. The van der Waals surface area contributed by atoms with Gasteiger partial charge in [-0.3, -0.25) is 0 Å². The van der Waals surface area contributed by atoms with E-state index in [9.17, 15) is 13.2 Å². The Morgan fingerprint density at radius 2 is 1.96 bits per heavy atom. The number of aryl methyl sites for hydroxylation is 1. The molecule has 150 valence electrons. The summed E-state index contributed by atoms with van der Waals surface area (Å²) in [5.41, 5.74) is 2.83. The Bertz CT molecular complexity index is 876. The van der Waals surface area contributed by atoms with Gasteiger partial charge in [0.15, 0.2) is 0 Å². The number of terminal acetylenes is 1. The zero-order valence-electron chi connectivity index (χ0n) is 16.0. The second kappa shape index (κ2) is 8.85. The Balaban J connectivity index is 2.46. The van der Waals surface area contributed by atoms with Crippen molar-refractivity contribution < 1.29 is 27.4 Å². The fourth-order valence-corrected chi connectivity index (χ4v) is 2.73. The van der Waals surface area contributed by atoms with Gasteiger partial charge in [0, 0.05) is 24.8 Å². The van der Waals surface area contributed by atoms with Crippen LogP contribution in [0.3, 0.4) is 0 Å². The molecule has 1 aromatic heterocycles. The average molecular weight is 394 g/mol. The molecular formula is C20H21F3N2O3. The average Bonchev–Trinajstić information content (AvgIpc) is 2.61. The highest BCUT2D eigenvalue weighted by Crippen LogP contribution is 2.36. The van der Waals surface area contributed by atoms with Crippen molar-refractivity contribution in [1.82, 2.24) is 4.98 Å². The quantitative estimate of drug-likeness (QED) is 0.706. The van der Waals surface area contributed by atoms with Crippen molar-refractivity contribution in [3.8, 4) is 35.1 Å². The third-order valence-corrected chi connectivity index (χ3v) is 3.83. The molecule has 0 bridgehead atoms. The molecule has 0 aliphatic rings. The maximum atomic E-state index is 12.5. The van der Waals surface area contributed by atoms with Gasteiger partial charge in [-0.15, -0.1) is 19.6 Å². The number of benzene rings is 1. The lowest BCUT2D eigenvalue weighted by Crippen LogP contribution is -2.21. The first-order valence-corrected chi connectivity index (χ1v) is 8.36. The molecule has 5 nitrogen and oxygen atoms in total.